The van der Waals surface area contributed by atoms with Crippen molar-refractivity contribution in [3.8, 4) is 6.07 Å². The van der Waals surface area contributed by atoms with Crippen molar-refractivity contribution < 1.29 is 19.7 Å². The predicted octanol–water partition coefficient (Wildman–Crippen LogP) is -0.842. The zero-order valence-corrected chi connectivity index (χ0v) is 13.8. The normalized spacial score (nSPS) is 29.4. The second-order valence-electron chi connectivity index (χ2n) is 6.19. The molecule has 10 heteroatoms. The van der Waals surface area contributed by atoms with Gasteiger partial charge in [-0.2, -0.15) is 10.2 Å². The Morgan fingerprint density at radius 1 is 1.44 bits per heavy atom. The first-order chi connectivity index (χ1) is 11.8. The smallest absolute Gasteiger partial charge is 0.240 e. The van der Waals surface area contributed by atoms with Crippen LogP contribution in [0.4, 0.5) is 11.8 Å². The summed E-state index contributed by atoms with van der Waals surface area (Å²) in [5, 5.41) is 34.7. The molecule has 0 radical (unpaired) electrons. The molecule has 0 saturated carbocycles. The number of hydrogen-bond donors (Lipinski definition) is 4. The molecule has 0 bridgehead atoms. The molecule has 0 unspecified atom stereocenters. The third kappa shape index (κ3) is 2.67. The number of nitriles is 1. The molecule has 1 aliphatic heterocycles. The summed E-state index contributed by atoms with van der Waals surface area (Å²) in [6.45, 7) is 3.69. The first-order valence-corrected chi connectivity index (χ1v) is 7.78. The van der Waals surface area contributed by atoms with Crippen LogP contribution < -0.4 is 11.5 Å². The van der Waals surface area contributed by atoms with Crippen LogP contribution in [0, 0.1) is 11.3 Å². The van der Waals surface area contributed by atoms with Crippen LogP contribution in [0.15, 0.2) is 12.1 Å². The van der Waals surface area contributed by atoms with Crippen LogP contribution in [0.2, 0.25) is 0 Å². The molecule has 1 aliphatic rings. The Morgan fingerprint density at radius 2 is 2.16 bits per heavy atom. The van der Waals surface area contributed by atoms with Gasteiger partial charge in [-0.05, 0) is 26.0 Å². The van der Waals surface area contributed by atoms with Gasteiger partial charge in [0.2, 0.25) is 11.5 Å². The average Bonchev–Trinajstić information content (AvgIpc) is 3.08. The topological polar surface area (TPSA) is 165 Å². The van der Waals surface area contributed by atoms with Gasteiger partial charge in [0.05, 0.1) is 18.4 Å². The third-order valence-corrected chi connectivity index (χ3v) is 4.15. The molecule has 25 heavy (non-hydrogen) atoms. The Balaban J connectivity index is 2.06. The molecular formula is C15H20N6O4. The first kappa shape index (κ1) is 17.4. The van der Waals surface area contributed by atoms with E-state index in [1.165, 1.54) is 10.6 Å². The van der Waals surface area contributed by atoms with Crippen molar-refractivity contribution in [1.29, 1.82) is 5.26 Å². The highest BCUT2D eigenvalue weighted by Gasteiger charge is 2.57. The third-order valence-electron chi connectivity index (χ3n) is 4.15. The number of fused-ring (bicyclic) bond motifs is 1. The molecular weight excluding hydrogens is 328 g/mol. The van der Waals surface area contributed by atoms with Gasteiger partial charge in [-0.15, -0.1) is 5.10 Å². The zero-order valence-electron chi connectivity index (χ0n) is 13.8. The Kier molecular flexibility index (Phi) is 4.26. The molecule has 0 aliphatic carbocycles. The van der Waals surface area contributed by atoms with Gasteiger partial charge < -0.3 is 31.2 Å². The quantitative estimate of drug-likeness (QED) is 0.551. The molecule has 134 valence electrons. The lowest BCUT2D eigenvalue weighted by Crippen LogP contribution is -2.41. The van der Waals surface area contributed by atoms with Gasteiger partial charge in [-0.3, -0.25) is 0 Å². The van der Waals surface area contributed by atoms with E-state index in [1.807, 2.05) is 19.9 Å². The van der Waals surface area contributed by atoms with E-state index < -0.39 is 23.9 Å². The fourth-order valence-electron chi connectivity index (χ4n) is 2.92. The Hall–Kier alpha value is -2.45. The van der Waals surface area contributed by atoms with Gasteiger partial charge in [0.25, 0.3) is 0 Å². The van der Waals surface area contributed by atoms with Crippen molar-refractivity contribution in [2.75, 3.05) is 18.1 Å². The number of nitrogens with two attached hydrogens (primary N) is 2. The molecule has 1 saturated heterocycles. The number of anilines is 2. The summed E-state index contributed by atoms with van der Waals surface area (Å²) < 4.78 is 12.5. The van der Waals surface area contributed by atoms with E-state index in [1.54, 1.807) is 6.07 Å². The molecule has 0 amide bonds. The van der Waals surface area contributed by atoms with Crippen LogP contribution in [-0.2, 0) is 15.1 Å². The fourth-order valence-corrected chi connectivity index (χ4v) is 2.92. The number of hydrogen-bond acceptors (Lipinski definition) is 9. The molecule has 0 spiro atoms. The van der Waals surface area contributed by atoms with Crippen molar-refractivity contribution in [3.63, 3.8) is 0 Å². The summed E-state index contributed by atoms with van der Waals surface area (Å²) >= 11 is 0. The van der Waals surface area contributed by atoms with Crippen molar-refractivity contribution in [3.05, 3.63) is 17.8 Å². The van der Waals surface area contributed by atoms with E-state index in [9.17, 15) is 15.5 Å². The summed E-state index contributed by atoms with van der Waals surface area (Å²) in [6.07, 6.45) is -3.78. The highest BCUT2D eigenvalue weighted by molar-refractivity contribution is 5.67. The monoisotopic (exact) mass is 348 g/mol. The van der Waals surface area contributed by atoms with E-state index >= 15 is 0 Å². The number of aromatic nitrogens is 3. The highest BCUT2D eigenvalue weighted by atomic mass is 16.6. The molecule has 4 atom stereocenters. The minimum Gasteiger partial charge on any atom is -0.387 e. The van der Waals surface area contributed by atoms with Crippen LogP contribution in [0.25, 0.3) is 5.52 Å². The number of aliphatic hydroxyl groups is 2. The number of nitrogen functional groups attached to an aromatic ring is 2. The Labute approximate surface area is 143 Å². The van der Waals surface area contributed by atoms with Gasteiger partial charge in [0, 0.05) is 0 Å². The van der Waals surface area contributed by atoms with Gasteiger partial charge in [-0.25, -0.2) is 4.52 Å². The van der Waals surface area contributed by atoms with E-state index in [0.29, 0.717) is 5.52 Å². The molecule has 6 N–H and O–H groups in total. The molecule has 3 rings (SSSR count). The van der Waals surface area contributed by atoms with Crippen LogP contribution in [0.3, 0.4) is 0 Å². The largest absolute Gasteiger partial charge is 0.387 e. The lowest BCUT2D eigenvalue weighted by atomic mass is 9.92. The van der Waals surface area contributed by atoms with Gasteiger partial charge in [0.15, 0.2) is 5.82 Å². The maximum atomic E-state index is 10.5. The molecule has 1 fully saturated rings. The van der Waals surface area contributed by atoms with Crippen molar-refractivity contribution >= 4 is 17.3 Å². The molecule has 2 aromatic rings. The zero-order chi connectivity index (χ0) is 18.4. The standard InChI is InChI=1S/C15H20N6O4/c1-7(2)24-5-9-11(22)12(23)15(6-16,25-9)10-4-3-8-13(17)19-14(18)20-21(8)10/h3-4,7,9,11-12,22-23H,5H2,1-2H3,(H4,17,18,19,20)/t9-,11-,12-,15+/m1/s1. The van der Waals surface area contributed by atoms with Crippen LogP contribution in [0.1, 0.15) is 19.5 Å². The van der Waals surface area contributed by atoms with Crippen molar-refractivity contribution in [2.45, 2.75) is 43.9 Å². The summed E-state index contributed by atoms with van der Waals surface area (Å²) in [7, 11) is 0. The number of nitrogens with zero attached hydrogens (tertiary/aromatic N) is 4. The molecule has 0 aromatic carbocycles. The second-order valence-corrected chi connectivity index (χ2v) is 6.19. The summed E-state index contributed by atoms with van der Waals surface area (Å²) in [4.78, 5) is 3.86. The van der Waals surface area contributed by atoms with Gasteiger partial charge in [-0.1, -0.05) is 0 Å². The number of aliphatic hydroxyl groups excluding tert-OH is 2. The number of rotatable bonds is 4. The Morgan fingerprint density at radius 3 is 2.80 bits per heavy atom. The second kappa shape index (κ2) is 6.12. The van der Waals surface area contributed by atoms with Crippen molar-refractivity contribution in [1.82, 2.24) is 14.6 Å². The van der Waals surface area contributed by atoms with Crippen LogP contribution in [-0.4, -0.2) is 55.8 Å². The van der Waals surface area contributed by atoms with E-state index in [4.69, 9.17) is 20.9 Å². The van der Waals surface area contributed by atoms with E-state index in [-0.39, 0.29) is 30.2 Å². The van der Waals surface area contributed by atoms with E-state index in [0.717, 1.165) is 0 Å². The maximum Gasteiger partial charge on any atom is 0.240 e. The molecule has 10 nitrogen and oxygen atoms in total. The summed E-state index contributed by atoms with van der Waals surface area (Å²) in [6, 6.07) is 5.08. The molecule has 2 aromatic heterocycles. The number of ether oxygens (including phenoxy) is 2. The lowest BCUT2D eigenvalue weighted by Gasteiger charge is -2.24. The van der Waals surface area contributed by atoms with Crippen molar-refractivity contribution in [2.24, 2.45) is 0 Å². The van der Waals surface area contributed by atoms with E-state index in [2.05, 4.69) is 10.1 Å². The first-order valence-electron chi connectivity index (χ1n) is 7.78. The lowest BCUT2D eigenvalue weighted by molar-refractivity contribution is -0.0846. The van der Waals surface area contributed by atoms with Crippen LogP contribution in [0.5, 0.6) is 0 Å². The summed E-state index contributed by atoms with van der Waals surface area (Å²) in [5.74, 6) is 0.0304. The SMILES string of the molecule is CC(C)OC[C@H]1O[C@@](C#N)(c2ccc3c(N)nc(N)nn23)[C@H](O)[C@@H]1O. The van der Waals surface area contributed by atoms with Gasteiger partial charge >= 0.3 is 0 Å². The minimum absolute atomic E-state index is 0.0297. The Bertz CT molecular complexity index is 831. The fraction of sp³-hybridized carbons (Fsp3) is 0.533. The van der Waals surface area contributed by atoms with Crippen LogP contribution >= 0.6 is 0 Å². The average molecular weight is 348 g/mol. The maximum absolute atomic E-state index is 10.5. The predicted molar refractivity (Wildman–Crippen MR) is 87.1 cm³/mol. The van der Waals surface area contributed by atoms with Gasteiger partial charge in [0.1, 0.15) is 29.9 Å². The molecule has 3 heterocycles. The minimum atomic E-state index is -1.84. The highest BCUT2D eigenvalue weighted by Crippen LogP contribution is 2.40. The summed E-state index contributed by atoms with van der Waals surface area (Å²) in [5.41, 5.74) is 10.2.